The largest absolute Gasteiger partial charge is 0.550 e. The van der Waals surface area contributed by atoms with Crippen molar-refractivity contribution < 1.29 is 9.90 Å². The minimum Gasteiger partial charge on any atom is -0.550 e. The Labute approximate surface area is 78.2 Å². The van der Waals surface area contributed by atoms with Gasteiger partial charge in [-0.25, -0.2) is 0 Å². The van der Waals surface area contributed by atoms with Gasteiger partial charge in [0.1, 0.15) is 0 Å². The molecule has 0 saturated carbocycles. The molecule has 0 aliphatic rings. The smallest absolute Gasteiger partial charge is 0.0417 e. The lowest BCUT2D eigenvalue weighted by molar-refractivity contribution is -0.305. The van der Waals surface area contributed by atoms with Crippen molar-refractivity contribution in [2.24, 2.45) is 0 Å². The van der Waals surface area contributed by atoms with Crippen LogP contribution in [-0.2, 0) is 17.6 Å². The van der Waals surface area contributed by atoms with Crippen LogP contribution in [0.4, 0.5) is 0 Å². The highest BCUT2D eigenvalue weighted by molar-refractivity contribution is 5.64. The summed E-state index contributed by atoms with van der Waals surface area (Å²) >= 11 is 0. The Bertz CT molecular complexity index is 275. The molecule has 13 heavy (non-hydrogen) atoms. The first-order valence-electron chi connectivity index (χ1n) is 4.50. The first-order valence-corrected chi connectivity index (χ1v) is 4.50. The minimum atomic E-state index is -0.987. The summed E-state index contributed by atoms with van der Waals surface area (Å²) in [6.07, 6.45) is 1.68. The maximum atomic E-state index is 10.2. The molecule has 2 nitrogen and oxygen atoms in total. The van der Waals surface area contributed by atoms with Gasteiger partial charge in [0, 0.05) is 5.97 Å². The molecule has 0 aliphatic carbocycles. The van der Waals surface area contributed by atoms with Gasteiger partial charge in [0.15, 0.2) is 0 Å². The van der Waals surface area contributed by atoms with Gasteiger partial charge in [-0.15, -0.1) is 0 Å². The molecule has 0 fully saturated rings. The summed E-state index contributed by atoms with van der Waals surface area (Å²) in [5.74, 6) is -0.987. The van der Waals surface area contributed by atoms with Crippen molar-refractivity contribution in [3.8, 4) is 0 Å². The zero-order valence-corrected chi connectivity index (χ0v) is 7.75. The molecule has 0 heterocycles. The zero-order chi connectivity index (χ0) is 9.68. The van der Waals surface area contributed by atoms with Gasteiger partial charge in [0.25, 0.3) is 0 Å². The Morgan fingerprint density at radius 3 is 2.23 bits per heavy atom. The molecule has 0 unspecified atom stereocenters. The second kappa shape index (κ2) is 4.65. The summed E-state index contributed by atoms with van der Waals surface area (Å²) in [5.41, 5.74) is 2.33. The molecular weight excluding hydrogens is 164 g/mol. The number of carbonyl (C=O) groups is 1. The molecule has 0 radical (unpaired) electrons. The van der Waals surface area contributed by atoms with Gasteiger partial charge in [-0.1, -0.05) is 31.2 Å². The lowest BCUT2D eigenvalue weighted by Crippen LogP contribution is -2.22. The van der Waals surface area contributed by atoms with E-state index in [2.05, 4.69) is 6.92 Å². The number of carboxylic acids is 1. The third-order valence-electron chi connectivity index (χ3n) is 2.05. The number of aryl methyl sites for hydroxylation is 2. The fraction of sp³-hybridized carbons (Fsp3) is 0.364. The van der Waals surface area contributed by atoms with E-state index in [4.69, 9.17) is 0 Å². The van der Waals surface area contributed by atoms with Crippen LogP contribution in [0.25, 0.3) is 0 Å². The average Bonchev–Trinajstić information content (AvgIpc) is 2.15. The van der Waals surface area contributed by atoms with E-state index in [-0.39, 0.29) is 6.42 Å². The van der Waals surface area contributed by atoms with Crippen LogP contribution in [0, 0.1) is 0 Å². The Kier molecular flexibility index (Phi) is 3.50. The molecule has 0 saturated heterocycles. The van der Waals surface area contributed by atoms with E-state index in [1.165, 1.54) is 5.56 Å². The van der Waals surface area contributed by atoms with Crippen LogP contribution in [0.15, 0.2) is 24.3 Å². The van der Waals surface area contributed by atoms with Crippen LogP contribution in [0.3, 0.4) is 0 Å². The zero-order valence-electron chi connectivity index (χ0n) is 7.75. The van der Waals surface area contributed by atoms with Crippen molar-refractivity contribution in [3.63, 3.8) is 0 Å². The van der Waals surface area contributed by atoms with E-state index in [9.17, 15) is 9.90 Å². The van der Waals surface area contributed by atoms with Gasteiger partial charge in [-0.3, -0.25) is 0 Å². The van der Waals surface area contributed by atoms with Gasteiger partial charge < -0.3 is 9.90 Å². The molecule has 0 spiro atoms. The highest BCUT2D eigenvalue weighted by Gasteiger charge is 1.93. The standard InChI is InChI=1S/C11H14O2/c1-2-9-3-5-10(6-4-9)7-8-11(12)13/h3-6H,2,7-8H2,1H3,(H,12,13)/p-1. The lowest BCUT2D eigenvalue weighted by atomic mass is 10.1. The number of carboxylic acid groups (broad SMARTS) is 1. The summed E-state index contributed by atoms with van der Waals surface area (Å²) in [6, 6.07) is 8.01. The van der Waals surface area contributed by atoms with Crippen molar-refractivity contribution in [1.29, 1.82) is 0 Å². The Hall–Kier alpha value is -1.31. The molecule has 70 valence electrons. The van der Waals surface area contributed by atoms with E-state index < -0.39 is 5.97 Å². The molecular formula is C11H13O2-. The Morgan fingerprint density at radius 2 is 1.77 bits per heavy atom. The number of aliphatic carboxylic acids is 1. The van der Waals surface area contributed by atoms with Gasteiger partial charge in [-0.05, 0) is 30.4 Å². The van der Waals surface area contributed by atoms with Gasteiger partial charge in [0.05, 0.1) is 0 Å². The Balaban J connectivity index is 2.54. The first-order chi connectivity index (χ1) is 6.22. The predicted molar refractivity (Wildman–Crippen MR) is 49.1 cm³/mol. The summed E-state index contributed by atoms with van der Waals surface area (Å²) in [4.78, 5) is 10.2. The number of carbonyl (C=O) groups excluding carboxylic acids is 1. The van der Waals surface area contributed by atoms with Gasteiger partial charge in [-0.2, -0.15) is 0 Å². The van der Waals surface area contributed by atoms with Crippen LogP contribution in [0.5, 0.6) is 0 Å². The minimum absolute atomic E-state index is 0.103. The molecule has 2 heteroatoms. The van der Waals surface area contributed by atoms with Crippen molar-refractivity contribution in [2.45, 2.75) is 26.2 Å². The second-order valence-corrected chi connectivity index (χ2v) is 3.04. The molecule has 0 amide bonds. The normalized spacial score (nSPS) is 9.92. The molecule has 1 aromatic carbocycles. The fourth-order valence-corrected chi connectivity index (χ4v) is 1.19. The molecule has 0 aromatic heterocycles. The van der Waals surface area contributed by atoms with Crippen molar-refractivity contribution in [3.05, 3.63) is 35.4 Å². The highest BCUT2D eigenvalue weighted by atomic mass is 16.4. The lowest BCUT2D eigenvalue weighted by Gasteiger charge is -2.03. The van der Waals surface area contributed by atoms with Crippen LogP contribution < -0.4 is 5.11 Å². The van der Waals surface area contributed by atoms with Gasteiger partial charge >= 0.3 is 0 Å². The summed E-state index contributed by atoms with van der Waals surface area (Å²) in [7, 11) is 0. The fourth-order valence-electron chi connectivity index (χ4n) is 1.19. The topological polar surface area (TPSA) is 40.1 Å². The van der Waals surface area contributed by atoms with E-state index in [0.29, 0.717) is 6.42 Å². The molecule has 0 N–H and O–H groups in total. The van der Waals surface area contributed by atoms with Gasteiger partial charge in [0.2, 0.25) is 0 Å². The van der Waals surface area contributed by atoms with E-state index in [1.807, 2.05) is 24.3 Å². The van der Waals surface area contributed by atoms with E-state index in [0.717, 1.165) is 12.0 Å². The molecule has 0 bridgehead atoms. The molecule has 0 atom stereocenters. The highest BCUT2D eigenvalue weighted by Crippen LogP contribution is 2.06. The Morgan fingerprint density at radius 1 is 1.23 bits per heavy atom. The van der Waals surface area contributed by atoms with Crippen LogP contribution in [0.2, 0.25) is 0 Å². The summed E-state index contributed by atoms with van der Waals surface area (Å²) in [6.45, 7) is 2.09. The summed E-state index contributed by atoms with van der Waals surface area (Å²) < 4.78 is 0. The number of benzene rings is 1. The van der Waals surface area contributed by atoms with Crippen molar-refractivity contribution in [1.82, 2.24) is 0 Å². The van der Waals surface area contributed by atoms with Crippen LogP contribution in [-0.4, -0.2) is 5.97 Å². The van der Waals surface area contributed by atoms with Crippen molar-refractivity contribution >= 4 is 5.97 Å². The number of rotatable bonds is 4. The number of hydrogen-bond donors (Lipinski definition) is 0. The van der Waals surface area contributed by atoms with E-state index >= 15 is 0 Å². The maximum absolute atomic E-state index is 10.2. The maximum Gasteiger partial charge on any atom is 0.0417 e. The SMILES string of the molecule is CCc1ccc(CCC(=O)[O-])cc1. The van der Waals surface area contributed by atoms with E-state index in [1.54, 1.807) is 0 Å². The quantitative estimate of drug-likeness (QED) is 0.686. The monoisotopic (exact) mass is 177 g/mol. The predicted octanol–water partition coefficient (Wildman–Crippen LogP) is 0.931. The van der Waals surface area contributed by atoms with Crippen LogP contribution >= 0.6 is 0 Å². The summed E-state index contributed by atoms with van der Waals surface area (Å²) in [5, 5.41) is 10.2. The first kappa shape index (κ1) is 9.78. The second-order valence-electron chi connectivity index (χ2n) is 3.04. The average molecular weight is 177 g/mol. The number of hydrogen-bond acceptors (Lipinski definition) is 2. The third kappa shape index (κ3) is 3.28. The third-order valence-corrected chi connectivity index (χ3v) is 2.05. The van der Waals surface area contributed by atoms with Crippen LogP contribution in [0.1, 0.15) is 24.5 Å². The molecule has 1 rings (SSSR count). The molecule has 1 aromatic rings. The van der Waals surface area contributed by atoms with Crippen molar-refractivity contribution in [2.75, 3.05) is 0 Å². The molecule has 0 aliphatic heterocycles.